The van der Waals surface area contributed by atoms with Crippen LogP contribution in [-0.4, -0.2) is 41.5 Å². The summed E-state index contributed by atoms with van der Waals surface area (Å²) in [5.41, 5.74) is 4.90. The highest BCUT2D eigenvalue weighted by molar-refractivity contribution is 5.90. The summed E-state index contributed by atoms with van der Waals surface area (Å²) in [5.74, 6) is 0. The third-order valence-electron chi connectivity index (χ3n) is 5.41. The van der Waals surface area contributed by atoms with Crippen LogP contribution in [0.3, 0.4) is 0 Å². The van der Waals surface area contributed by atoms with E-state index in [0.717, 1.165) is 25.9 Å². The Morgan fingerprint density at radius 2 is 1.46 bits per heavy atom. The summed E-state index contributed by atoms with van der Waals surface area (Å²) >= 11 is 0. The van der Waals surface area contributed by atoms with Crippen molar-refractivity contribution >= 4 is 12.1 Å². The zero-order valence-corrected chi connectivity index (χ0v) is 16.4. The molecule has 0 N–H and O–H groups in total. The van der Waals surface area contributed by atoms with Crippen LogP contribution >= 0.6 is 0 Å². The summed E-state index contributed by atoms with van der Waals surface area (Å²) in [7, 11) is 0. The number of likely N-dealkylation sites (tertiary alicyclic amines) is 1. The van der Waals surface area contributed by atoms with E-state index >= 15 is 0 Å². The number of hydrogen-bond acceptors (Lipinski definition) is 2. The number of fused-ring (bicyclic) bond motifs is 3. The van der Waals surface area contributed by atoms with Gasteiger partial charge in [0.25, 0.3) is 6.02 Å². The minimum atomic E-state index is -0.186. The van der Waals surface area contributed by atoms with E-state index in [0.29, 0.717) is 25.7 Å². The number of rotatable bonds is 1. The van der Waals surface area contributed by atoms with Gasteiger partial charge in [-0.1, -0.05) is 48.5 Å². The highest BCUT2D eigenvalue weighted by Crippen LogP contribution is 2.32. The molecule has 2 aliphatic heterocycles. The lowest BCUT2D eigenvalue weighted by Crippen LogP contribution is -2.37. The third-order valence-corrected chi connectivity index (χ3v) is 5.41. The molecule has 0 atom stereocenters. The first-order valence-electron chi connectivity index (χ1n) is 10.2. The number of carbonyl (C=O) groups excluding carboxylic acids is 1. The Balaban J connectivity index is 1.68. The van der Waals surface area contributed by atoms with Gasteiger partial charge in [-0.15, -0.1) is 4.99 Å². The van der Waals surface area contributed by atoms with E-state index in [1.54, 1.807) is 0 Å². The van der Waals surface area contributed by atoms with Crippen molar-refractivity contribution in [3.8, 4) is 11.1 Å². The second kappa shape index (κ2) is 8.46. The molecule has 2 amide bonds. The maximum Gasteiger partial charge on any atom is 0.348 e. The van der Waals surface area contributed by atoms with Gasteiger partial charge in [0.15, 0.2) is 0 Å². The van der Waals surface area contributed by atoms with Crippen LogP contribution in [0.1, 0.15) is 37.3 Å². The van der Waals surface area contributed by atoms with Gasteiger partial charge in [-0.25, -0.2) is 4.79 Å². The number of urea groups is 1. The second-order valence-corrected chi connectivity index (χ2v) is 7.33. The fourth-order valence-corrected chi connectivity index (χ4v) is 4.01. The Hall–Kier alpha value is -2.82. The number of amides is 2. The molecule has 2 heterocycles. The van der Waals surface area contributed by atoms with Gasteiger partial charge in [0, 0.05) is 26.2 Å². The number of nitrogens with zero attached hydrogens (tertiary/aromatic N) is 3. The number of benzene rings is 2. The van der Waals surface area contributed by atoms with Crippen molar-refractivity contribution in [3.05, 3.63) is 59.7 Å². The number of carbonyl (C=O) groups is 1. The standard InChI is InChI=1S/C23H27N3O2/c1-2-28-23(24-22(27)25-14-8-3-9-15-25)26-16-18-10-4-6-12-20(18)21-13-7-5-11-19(21)17-26/h4-7,10-13H,2-3,8-9,14-17H2,1H3. The molecule has 0 saturated carbocycles. The summed E-state index contributed by atoms with van der Waals surface area (Å²) < 4.78 is 5.86. The molecule has 0 radical (unpaired) electrons. The zero-order chi connectivity index (χ0) is 19.3. The molecule has 146 valence electrons. The smallest absolute Gasteiger partial charge is 0.348 e. The molecule has 1 fully saturated rings. The summed E-state index contributed by atoms with van der Waals surface area (Å²) in [4.78, 5) is 21.1. The van der Waals surface area contributed by atoms with Gasteiger partial charge in [0.05, 0.1) is 6.61 Å². The van der Waals surface area contributed by atoms with Crippen LogP contribution in [-0.2, 0) is 17.8 Å². The zero-order valence-electron chi connectivity index (χ0n) is 16.4. The van der Waals surface area contributed by atoms with Crippen LogP contribution in [0.2, 0.25) is 0 Å². The van der Waals surface area contributed by atoms with Gasteiger partial charge in [-0.3, -0.25) is 0 Å². The minimum Gasteiger partial charge on any atom is -0.465 e. The highest BCUT2D eigenvalue weighted by Gasteiger charge is 2.24. The fourth-order valence-electron chi connectivity index (χ4n) is 4.01. The Labute approximate surface area is 166 Å². The van der Waals surface area contributed by atoms with Gasteiger partial charge in [0.1, 0.15) is 0 Å². The van der Waals surface area contributed by atoms with Crippen LogP contribution in [0.15, 0.2) is 53.5 Å². The number of amidine groups is 1. The Morgan fingerprint density at radius 1 is 0.893 bits per heavy atom. The van der Waals surface area contributed by atoms with E-state index in [2.05, 4.69) is 58.4 Å². The minimum absolute atomic E-state index is 0.186. The average Bonchev–Trinajstić information content (AvgIpc) is 2.91. The van der Waals surface area contributed by atoms with Crippen LogP contribution in [0.25, 0.3) is 11.1 Å². The monoisotopic (exact) mass is 377 g/mol. The van der Waals surface area contributed by atoms with E-state index in [1.165, 1.54) is 28.7 Å². The van der Waals surface area contributed by atoms with E-state index in [1.807, 2.05) is 11.8 Å². The van der Waals surface area contributed by atoms with E-state index in [4.69, 9.17) is 4.74 Å². The third kappa shape index (κ3) is 3.88. The van der Waals surface area contributed by atoms with Gasteiger partial charge in [-0.05, 0) is 48.4 Å². The number of piperidine rings is 1. The lowest BCUT2D eigenvalue weighted by molar-refractivity contribution is 0.190. The van der Waals surface area contributed by atoms with Gasteiger partial charge in [-0.2, -0.15) is 0 Å². The SMILES string of the molecule is CCOC(=NC(=O)N1CCCCC1)N1Cc2ccccc2-c2ccccc2C1. The molecule has 2 aromatic rings. The Morgan fingerprint density at radius 3 is 2.04 bits per heavy atom. The molecule has 2 aliphatic rings. The molecule has 1 saturated heterocycles. The maximum atomic E-state index is 12.7. The Kier molecular flexibility index (Phi) is 5.60. The van der Waals surface area contributed by atoms with Crippen molar-refractivity contribution in [2.75, 3.05) is 19.7 Å². The molecular formula is C23H27N3O2. The van der Waals surface area contributed by atoms with Crippen molar-refractivity contribution in [2.45, 2.75) is 39.3 Å². The molecule has 0 aromatic heterocycles. The maximum absolute atomic E-state index is 12.7. The van der Waals surface area contributed by atoms with Crippen molar-refractivity contribution in [2.24, 2.45) is 4.99 Å². The molecular weight excluding hydrogens is 350 g/mol. The van der Waals surface area contributed by atoms with Crippen LogP contribution in [0, 0.1) is 0 Å². The Bertz CT molecular complexity index is 824. The quantitative estimate of drug-likeness (QED) is 0.536. The first-order chi connectivity index (χ1) is 13.8. The van der Waals surface area contributed by atoms with E-state index in [9.17, 15) is 4.79 Å². The van der Waals surface area contributed by atoms with Crippen molar-refractivity contribution in [1.29, 1.82) is 0 Å². The van der Waals surface area contributed by atoms with Crippen molar-refractivity contribution < 1.29 is 9.53 Å². The topological polar surface area (TPSA) is 45.1 Å². The first-order valence-corrected chi connectivity index (χ1v) is 10.2. The van der Waals surface area contributed by atoms with Gasteiger partial charge < -0.3 is 14.5 Å². The van der Waals surface area contributed by atoms with Crippen LogP contribution < -0.4 is 0 Å². The number of ether oxygens (including phenoxy) is 1. The molecule has 4 rings (SSSR count). The largest absolute Gasteiger partial charge is 0.465 e. The molecule has 0 bridgehead atoms. The fraction of sp³-hybridized carbons (Fsp3) is 0.391. The predicted octanol–water partition coefficient (Wildman–Crippen LogP) is 4.67. The lowest BCUT2D eigenvalue weighted by atomic mass is 9.97. The van der Waals surface area contributed by atoms with E-state index in [-0.39, 0.29) is 6.03 Å². The van der Waals surface area contributed by atoms with E-state index < -0.39 is 0 Å². The molecule has 5 nitrogen and oxygen atoms in total. The molecule has 0 spiro atoms. The summed E-state index contributed by atoms with van der Waals surface area (Å²) in [5, 5.41) is 0. The summed E-state index contributed by atoms with van der Waals surface area (Å²) in [6, 6.07) is 17.1. The molecule has 2 aromatic carbocycles. The molecule has 28 heavy (non-hydrogen) atoms. The highest BCUT2D eigenvalue weighted by atomic mass is 16.5. The lowest BCUT2D eigenvalue weighted by Gasteiger charge is -2.27. The van der Waals surface area contributed by atoms with Gasteiger partial charge >= 0.3 is 6.03 Å². The molecule has 5 heteroatoms. The molecule has 0 aliphatic carbocycles. The molecule has 0 unspecified atom stereocenters. The van der Waals surface area contributed by atoms with Crippen molar-refractivity contribution in [3.63, 3.8) is 0 Å². The summed E-state index contributed by atoms with van der Waals surface area (Å²) in [6.45, 7) is 5.31. The normalized spacial score (nSPS) is 16.8. The second-order valence-electron chi connectivity index (χ2n) is 7.33. The number of aliphatic imine (C=N–C) groups is 1. The first kappa shape index (κ1) is 18.5. The van der Waals surface area contributed by atoms with Gasteiger partial charge in [0.2, 0.25) is 0 Å². The average molecular weight is 377 g/mol. The number of hydrogen-bond donors (Lipinski definition) is 0. The summed E-state index contributed by atoms with van der Waals surface area (Å²) in [6.07, 6.45) is 3.29. The van der Waals surface area contributed by atoms with Crippen LogP contribution in [0.5, 0.6) is 0 Å². The predicted molar refractivity (Wildman–Crippen MR) is 111 cm³/mol. The van der Waals surface area contributed by atoms with Crippen molar-refractivity contribution in [1.82, 2.24) is 9.80 Å². The van der Waals surface area contributed by atoms with Crippen LogP contribution in [0.4, 0.5) is 4.79 Å².